The molecule has 1 fully saturated rings. The van der Waals surface area contributed by atoms with Crippen LogP contribution in [-0.4, -0.2) is 28.1 Å². The Bertz CT molecular complexity index is 410. The summed E-state index contributed by atoms with van der Waals surface area (Å²) in [5.74, 6) is 2.55. The molecule has 0 amide bonds. The third kappa shape index (κ3) is 2.23. The molecular formula is C10H14N2O2S. The fraction of sp³-hybridized carbons (Fsp3) is 0.600. The topological polar surface area (TPSA) is 55.0 Å². The molecule has 1 aromatic heterocycles. The van der Waals surface area contributed by atoms with Crippen LogP contribution >= 0.6 is 11.8 Å². The summed E-state index contributed by atoms with van der Waals surface area (Å²) in [6, 6.07) is 0. The van der Waals surface area contributed by atoms with Crippen LogP contribution in [0, 0.1) is 13.8 Å². The molecule has 1 saturated heterocycles. The fourth-order valence-corrected chi connectivity index (χ4v) is 2.31. The first kappa shape index (κ1) is 10.7. The summed E-state index contributed by atoms with van der Waals surface area (Å²) in [7, 11) is 0. The molecule has 0 spiro atoms. The molecule has 1 aliphatic rings. The molecular weight excluding hydrogens is 212 g/mol. The summed E-state index contributed by atoms with van der Waals surface area (Å²) in [4.78, 5) is 18.7. The van der Waals surface area contributed by atoms with Gasteiger partial charge in [-0.1, -0.05) is 0 Å². The van der Waals surface area contributed by atoms with Gasteiger partial charge in [0.15, 0.2) is 0 Å². The van der Waals surface area contributed by atoms with Crippen LogP contribution in [-0.2, 0) is 4.74 Å². The lowest BCUT2D eigenvalue weighted by Gasteiger charge is -2.21. The van der Waals surface area contributed by atoms with Gasteiger partial charge >= 0.3 is 0 Å². The Kier molecular flexibility index (Phi) is 3.11. The Morgan fingerprint density at radius 1 is 1.53 bits per heavy atom. The van der Waals surface area contributed by atoms with Gasteiger partial charge in [0.05, 0.1) is 6.61 Å². The molecule has 5 heteroatoms. The molecule has 1 unspecified atom stereocenters. The summed E-state index contributed by atoms with van der Waals surface area (Å²) in [5.41, 5.74) is 1.41. The third-order valence-corrected chi connectivity index (χ3v) is 3.53. The largest absolute Gasteiger partial charge is 0.369 e. The first-order chi connectivity index (χ1) is 7.18. The number of aromatic nitrogens is 2. The normalized spacial score (nSPS) is 21.6. The second kappa shape index (κ2) is 4.37. The first-order valence-electron chi connectivity index (χ1n) is 4.95. The Morgan fingerprint density at radius 2 is 2.33 bits per heavy atom. The van der Waals surface area contributed by atoms with E-state index in [4.69, 9.17) is 4.74 Å². The lowest BCUT2D eigenvalue weighted by atomic mass is 10.2. The highest BCUT2D eigenvalue weighted by atomic mass is 32.2. The predicted octanol–water partition coefficient (Wildman–Crippen LogP) is 1.19. The van der Waals surface area contributed by atoms with E-state index in [-0.39, 0.29) is 11.7 Å². The summed E-state index contributed by atoms with van der Waals surface area (Å²) >= 11 is 1.83. The van der Waals surface area contributed by atoms with Crippen molar-refractivity contribution in [3.63, 3.8) is 0 Å². The van der Waals surface area contributed by atoms with Crippen molar-refractivity contribution in [3.8, 4) is 0 Å². The zero-order valence-electron chi connectivity index (χ0n) is 8.87. The van der Waals surface area contributed by atoms with Crippen molar-refractivity contribution in [2.75, 3.05) is 18.1 Å². The van der Waals surface area contributed by atoms with Crippen LogP contribution in [0.3, 0.4) is 0 Å². The maximum absolute atomic E-state index is 11.5. The molecule has 0 saturated carbocycles. The average molecular weight is 226 g/mol. The monoisotopic (exact) mass is 226 g/mol. The number of hydrogen-bond acceptors (Lipinski definition) is 4. The van der Waals surface area contributed by atoms with Crippen molar-refractivity contribution < 1.29 is 4.74 Å². The van der Waals surface area contributed by atoms with Crippen molar-refractivity contribution in [1.29, 1.82) is 0 Å². The van der Waals surface area contributed by atoms with E-state index in [9.17, 15) is 4.79 Å². The second-order valence-corrected chi connectivity index (χ2v) is 4.75. The minimum Gasteiger partial charge on any atom is -0.369 e. The predicted molar refractivity (Wildman–Crippen MR) is 60.3 cm³/mol. The second-order valence-electron chi connectivity index (χ2n) is 3.60. The molecule has 0 radical (unpaired) electrons. The molecule has 4 nitrogen and oxygen atoms in total. The van der Waals surface area contributed by atoms with Gasteiger partial charge in [0.25, 0.3) is 5.56 Å². The molecule has 2 heterocycles. The van der Waals surface area contributed by atoms with Crippen LogP contribution in [0.25, 0.3) is 0 Å². The van der Waals surface area contributed by atoms with E-state index < -0.39 is 0 Å². The minimum absolute atomic E-state index is 0.0586. The van der Waals surface area contributed by atoms with E-state index >= 15 is 0 Å². The lowest BCUT2D eigenvalue weighted by molar-refractivity contribution is 0.0691. The van der Waals surface area contributed by atoms with Gasteiger partial charge in [-0.3, -0.25) is 4.79 Å². The number of rotatable bonds is 1. The molecule has 1 atom stereocenters. The number of H-pyrrole nitrogens is 1. The Labute approximate surface area is 92.5 Å². The van der Waals surface area contributed by atoms with Crippen molar-refractivity contribution in [3.05, 3.63) is 27.4 Å². The number of thioether (sulfide) groups is 1. The zero-order chi connectivity index (χ0) is 10.8. The Balaban J connectivity index is 2.32. The van der Waals surface area contributed by atoms with Crippen LogP contribution in [0.2, 0.25) is 0 Å². The molecule has 1 aromatic rings. The number of aromatic amines is 1. The van der Waals surface area contributed by atoms with Gasteiger partial charge in [-0.05, 0) is 13.8 Å². The number of hydrogen-bond donors (Lipinski definition) is 1. The Hall–Kier alpha value is -0.810. The molecule has 1 aliphatic heterocycles. The molecule has 2 rings (SSSR count). The van der Waals surface area contributed by atoms with E-state index in [1.54, 1.807) is 6.92 Å². The van der Waals surface area contributed by atoms with Crippen LogP contribution in [0.5, 0.6) is 0 Å². The summed E-state index contributed by atoms with van der Waals surface area (Å²) < 4.78 is 5.56. The molecule has 15 heavy (non-hydrogen) atoms. The molecule has 0 aromatic carbocycles. The van der Waals surface area contributed by atoms with Gasteiger partial charge in [0.2, 0.25) is 0 Å². The highest BCUT2D eigenvalue weighted by Gasteiger charge is 2.19. The first-order valence-corrected chi connectivity index (χ1v) is 6.10. The summed E-state index contributed by atoms with van der Waals surface area (Å²) in [5, 5.41) is 0. The fourth-order valence-electron chi connectivity index (χ4n) is 1.46. The van der Waals surface area contributed by atoms with E-state index in [1.165, 1.54) is 0 Å². The van der Waals surface area contributed by atoms with E-state index in [1.807, 2.05) is 18.7 Å². The standard InChI is InChI=1S/C10H14N2O2S/c1-6-7(2)11-9(12-10(6)13)8-5-15-4-3-14-8/h8H,3-5H2,1-2H3,(H,11,12,13). The van der Waals surface area contributed by atoms with Gasteiger partial charge in [-0.25, -0.2) is 4.98 Å². The molecule has 82 valence electrons. The number of nitrogens with one attached hydrogen (secondary N) is 1. The number of ether oxygens (including phenoxy) is 1. The average Bonchev–Trinajstić information content (AvgIpc) is 2.26. The number of nitrogens with zero attached hydrogens (tertiary/aromatic N) is 1. The molecule has 1 N–H and O–H groups in total. The van der Waals surface area contributed by atoms with Crippen molar-refractivity contribution in [2.45, 2.75) is 20.0 Å². The minimum atomic E-state index is -0.0595. The third-order valence-electron chi connectivity index (χ3n) is 2.53. The van der Waals surface area contributed by atoms with Crippen molar-refractivity contribution >= 4 is 11.8 Å². The Morgan fingerprint density at radius 3 is 2.93 bits per heavy atom. The molecule has 0 aliphatic carbocycles. The van der Waals surface area contributed by atoms with Crippen molar-refractivity contribution in [2.24, 2.45) is 0 Å². The SMILES string of the molecule is Cc1nc(C2CSCCO2)[nH]c(=O)c1C. The highest BCUT2D eigenvalue weighted by molar-refractivity contribution is 7.99. The van der Waals surface area contributed by atoms with E-state index in [0.717, 1.165) is 23.8 Å². The van der Waals surface area contributed by atoms with E-state index in [2.05, 4.69) is 9.97 Å². The molecule has 0 bridgehead atoms. The zero-order valence-corrected chi connectivity index (χ0v) is 9.69. The summed E-state index contributed by atoms with van der Waals surface area (Å²) in [6.45, 7) is 4.36. The van der Waals surface area contributed by atoms with Gasteiger partial charge in [-0.15, -0.1) is 0 Å². The quantitative estimate of drug-likeness (QED) is 0.781. The van der Waals surface area contributed by atoms with Gasteiger partial charge in [0, 0.05) is 22.8 Å². The van der Waals surface area contributed by atoms with Crippen LogP contribution in [0.15, 0.2) is 4.79 Å². The smallest absolute Gasteiger partial charge is 0.254 e. The van der Waals surface area contributed by atoms with Crippen molar-refractivity contribution in [1.82, 2.24) is 9.97 Å². The summed E-state index contributed by atoms with van der Waals surface area (Å²) in [6.07, 6.45) is -0.0595. The van der Waals surface area contributed by atoms with E-state index in [0.29, 0.717) is 11.4 Å². The number of aryl methyl sites for hydroxylation is 1. The van der Waals surface area contributed by atoms with Gasteiger partial charge in [-0.2, -0.15) is 11.8 Å². The maximum atomic E-state index is 11.5. The highest BCUT2D eigenvalue weighted by Crippen LogP contribution is 2.23. The van der Waals surface area contributed by atoms with Crippen LogP contribution in [0.4, 0.5) is 0 Å². The van der Waals surface area contributed by atoms with Gasteiger partial charge < -0.3 is 9.72 Å². The van der Waals surface area contributed by atoms with Crippen LogP contribution < -0.4 is 5.56 Å². The maximum Gasteiger partial charge on any atom is 0.254 e. The van der Waals surface area contributed by atoms with Gasteiger partial charge in [0.1, 0.15) is 11.9 Å². The van der Waals surface area contributed by atoms with Crippen LogP contribution in [0.1, 0.15) is 23.2 Å². The lowest BCUT2D eigenvalue weighted by Crippen LogP contribution is -2.23.